The summed E-state index contributed by atoms with van der Waals surface area (Å²) in [6, 6.07) is 0. The number of carbonyl (C=O) groups excluding carboxylic acids is 1. The van der Waals surface area contributed by atoms with Gasteiger partial charge in [0, 0.05) is 39.5 Å². The molecule has 7 nitrogen and oxygen atoms in total. The number of ether oxygens (including phenoxy) is 3. The van der Waals surface area contributed by atoms with Gasteiger partial charge in [-0.1, -0.05) is 130 Å². The Morgan fingerprint density at radius 2 is 0.907 bits per heavy atom. The van der Waals surface area contributed by atoms with Gasteiger partial charge in [0.05, 0.1) is 6.61 Å². The summed E-state index contributed by atoms with van der Waals surface area (Å²) < 4.78 is 16.8. The normalized spacial score (nSPS) is 12.4. The zero-order valence-corrected chi connectivity index (χ0v) is 29.0. The largest absolute Gasteiger partial charge is 0.447 e. The molecule has 0 bridgehead atoms. The Bertz CT molecular complexity index is 538. The highest BCUT2D eigenvalue weighted by Crippen LogP contribution is 2.14. The number of aliphatic hydroxyl groups excluding tert-OH is 2. The van der Waals surface area contributed by atoms with E-state index < -0.39 is 18.8 Å². The predicted octanol–water partition coefficient (Wildman–Crippen LogP) is 8.93. The van der Waals surface area contributed by atoms with Crippen LogP contribution in [-0.2, 0) is 14.2 Å². The van der Waals surface area contributed by atoms with Gasteiger partial charge >= 0.3 is 6.09 Å². The Kier molecular flexibility index (Phi) is 31.8. The molecule has 0 saturated heterocycles. The van der Waals surface area contributed by atoms with Crippen LogP contribution >= 0.6 is 0 Å². The zero-order chi connectivity index (χ0) is 31.8. The Morgan fingerprint density at radius 1 is 0.558 bits per heavy atom. The van der Waals surface area contributed by atoms with Crippen molar-refractivity contribution in [3.05, 3.63) is 0 Å². The lowest BCUT2D eigenvalue weighted by molar-refractivity contribution is 0.0177. The summed E-state index contributed by atoms with van der Waals surface area (Å²) in [6.45, 7) is 12.5. The number of carbonyl (C=O) groups is 1. The first-order valence-electron chi connectivity index (χ1n) is 18.2. The zero-order valence-electron chi connectivity index (χ0n) is 29.0. The molecular weight excluding hydrogens is 542 g/mol. The van der Waals surface area contributed by atoms with Crippen LogP contribution in [0.3, 0.4) is 0 Å². The molecule has 43 heavy (non-hydrogen) atoms. The highest BCUT2D eigenvalue weighted by molar-refractivity contribution is 5.67. The number of nitrogens with zero attached hydrogens (tertiary/aromatic N) is 1. The molecule has 0 fully saturated rings. The summed E-state index contributed by atoms with van der Waals surface area (Å²) in [5.41, 5.74) is 0. The van der Waals surface area contributed by atoms with Gasteiger partial charge in [0.25, 0.3) is 0 Å². The third-order valence-corrected chi connectivity index (χ3v) is 7.94. The van der Waals surface area contributed by atoms with Crippen LogP contribution in [0.2, 0.25) is 0 Å². The second-order valence-electron chi connectivity index (χ2n) is 13.4. The quantitative estimate of drug-likeness (QED) is 0.0717. The van der Waals surface area contributed by atoms with Crippen molar-refractivity contribution >= 4 is 6.09 Å². The molecule has 0 aromatic carbocycles. The lowest BCUT2D eigenvalue weighted by atomic mass is 10.0. The molecule has 1 atom stereocenters. The summed E-state index contributed by atoms with van der Waals surface area (Å²) in [5, 5.41) is 18.5. The van der Waals surface area contributed by atoms with E-state index in [4.69, 9.17) is 19.3 Å². The molecule has 0 rings (SSSR count). The molecule has 0 aliphatic heterocycles. The van der Waals surface area contributed by atoms with E-state index in [-0.39, 0.29) is 6.61 Å². The molecule has 0 aliphatic carbocycles. The molecule has 0 spiro atoms. The van der Waals surface area contributed by atoms with Crippen molar-refractivity contribution in [2.75, 3.05) is 52.7 Å². The van der Waals surface area contributed by atoms with Crippen molar-refractivity contribution < 1.29 is 29.2 Å². The molecule has 0 heterocycles. The van der Waals surface area contributed by atoms with Gasteiger partial charge in [-0.2, -0.15) is 0 Å². The van der Waals surface area contributed by atoms with Crippen molar-refractivity contribution in [2.24, 2.45) is 11.8 Å². The number of hydrogen-bond acceptors (Lipinski definition) is 6. The van der Waals surface area contributed by atoms with Crippen LogP contribution < -0.4 is 0 Å². The average Bonchev–Trinajstić information content (AvgIpc) is 2.98. The predicted molar refractivity (Wildman–Crippen MR) is 180 cm³/mol. The van der Waals surface area contributed by atoms with Gasteiger partial charge in [-0.3, -0.25) is 0 Å². The maximum absolute atomic E-state index is 12.6. The fourth-order valence-electron chi connectivity index (χ4n) is 5.16. The lowest BCUT2D eigenvalue weighted by Gasteiger charge is -2.23. The number of hydrogen-bond donors (Lipinski definition) is 2. The molecule has 7 heteroatoms. The summed E-state index contributed by atoms with van der Waals surface area (Å²) in [6.07, 6.45) is 23.5. The molecule has 0 aliphatic rings. The maximum atomic E-state index is 12.6. The molecule has 1 unspecified atom stereocenters. The van der Waals surface area contributed by atoms with Crippen LogP contribution in [-0.4, -0.2) is 80.0 Å². The minimum Gasteiger partial charge on any atom is -0.447 e. The van der Waals surface area contributed by atoms with E-state index in [9.17, 15) is 9.90 Å². The third kappa shape index (κ3) is 32.3. The number of rotatable bonds is 33. The standard InChI is InChI=1S/C36H73NO6/c1-33(2)23-17-13-9-5-7-11-15-19-27-41-29-21-25-37(36(40)43-32-35(39)31-38)26-22-30-42-28-20-16-12-8-6-10-14-18-24-34(3)4/h33-35,38-39H,5-32H2,1-4H3. The van der Waals surface area contributed by atoms with E-state index in [1.54, 1.807) is 4.90 Å². The lowest BCUT2D eigenvalue weighted by Crippen LogP contribution is -2.36. The van der Waals surface area contributed by atoms with Crippen LogP contribution in [0.1, 0.15) is 156 Å². The Hall–Kier alpha value is -0.890. The van der Waals surface area contributed by atoms with E-state index in [1.165, 1.54) is 103 Å². The monoisotopic (exact) mass is 616 g/mol. The Morgan fingerprint density at radius 3 is 1.28 bits per heavy atom. The van der Waals surface area contributed by atoms with Crippen molar-refractivity contribution in [3.8, 4) is 0 Å². The molecule has 0 aromatic rings. The van der Waals surface area contributed by atoms with E-state index in [0.29, 0.717) is 26.3 Å². The van der Waals surface area contributed by atoms with E-state index in [2.05, 4.69) is 27.7 Å². The van der Waals surface area contributed by atoms with Crippen LogP contribution in [0.25, 0.3) is 0 Å². The Balaban J connectivity index is 3.87. The third-order valence-electron chi connectivity index (χ3n) is 7.94. The van der Waals surface area contributed by atoms with Gasteiger partial charge in [0.15, 0.2) is 0 Å². The van der Waals surface area contributed by atoms with Gasteiger partial charge < -0.3 is 29.3 Å². The van der Waals surface area contributed by atoms with Gasteiger partial charge in [0.2, 0.25) is 0 Å². The van der Waals surface area contributed by atoms with Crippen LogP contribution in [0.4, 0.5) is 4.79 Å². The van der Waals surface area contributed by atoms with E-state index in [1.807, 2.05) is 0 Å². The van der Waals surface area contributed by atoms with E-state index >= 15 is 0 Å². The summed E-state index contributed by atoms with van der Waals surface area (Å²) in [4.78, 5) is 14.2. The van der Waals surface area contributed by atoms with Crippen molar-refractivity contribution in [1.29, 1.82) is 0 Å². The number of aliphatic hydroxyl groups is 2. The van der Waals surface area contributed by atoms with Crippen LogP contribution in [0.5, 0.6) is 0 Å². The molecule has 0 radical (unpaired) electrons. The van der Waals surface area contributed by atoms with Crippen molar-refractivity contribution in [3.63, 3.8) is 0 Å². The maximum Gasteiger partial charge on any atom is 0.409 e. The summed E-state index contributed by atoms with van der Waals surface area (Å²) >= 11 is 0. The first-order valence-corrected chi connectivity index (χ1v) is 18.2. The van der Waals surface area contributed by atoms with Crippen molar-refractivity contribution in [1.82, 2.24) is 4.90 Å². The summed E-state index contributed by atoms with van der Waals surface area (Å²) in [7, 11) is 0. The fraction of sp³-hybridized carbons (Fsp3) is 0.972. The first kappa shape index (κ1) is 42.1. The minimum absolute atomic E-state index is 0.200. The number of unbranched alkanes of at least 4 members (excludes halogenated alkanes) is 14. The molecule has 0 aromatic heterocycles. The molecule has 1 amide bonds. The van der Waals surface area contributed by atoms with Gasteiger partial charge in [-0.05, 0) is 37.5 Å². The Labute approximate surface area is 266 Å². The number of amides is 1. The van der Waals surface area contributed by atoms with Gasteiger partial charge in [-0.25, -0.2) is 4.79 Å². The highest BCUT2D eigenvalue weighted by atomic mass is 16.6. The van der Waals surface area contributed by atoms with Crippen LogP contribution in [0.15, 0.2) is 0 Å². The molecule has 258 valence electrons. The van der Waals surface area contributed by atoms with Crippen molar-refractivity contribution in [2.45, 2.75) is 162 Å². The smallest absolute Gasteiger partial charge is 0.409 e. The average molecular weight is 616 g/mol. The second-order valence-corrected chi connectivity index (χ2v) is 13.4. The topological polar surface area (TPSA) is 88.5 Å². The molecule has 0 saturated carbocycles. The first-order chi connectivity index (χ1) is 20.9. The van der Waals surface area contributed by atoms with Gasteiger partial charge in [0.1, 0.15) is 12.7 Å². The minimum atomic E-state index is -1.05. The highest BCUT2D eigenvalue weighted by Gasteiger charge is 2.16. The molecular formula is C36H73NO6. The fourth-order valence-corrected chi connectivity index (χ4v) is 5.16. The van der Waals surface area contributed by atoms with E-state index in [0.717, 1.165) is 50.7 Å². The second kappa shape index (κ2) is 32.5. The van der Waals surface area contributed by atoms with Gasteiger partial charge in [-0.15, -0.1) is 0 Å². The summed E-state index contributed by atoms with van der Waals surface area (Å²) in [5.74, 6) is 1.66. The SMILES string of the molecule is CC(C)CCCCCCCCCCOCCCN(CCCOCCCCCCCCCCC(C)C)C(=O)OCC(O)CO. The van der Waals surface area contributed by atoms with Crippen LogP contribution in [0, 0.1) is 11.8 Å². The molecule has 2 N–H and O–H groups in total.